The van der Waals surface area contributed by atoms with Crippen LogP contribution in [0, 0.1) is 0 Å². The lowest BCUT2D eigenvalue weighted by Crippen LogP contribution is -2.36. The van der Waals surface area contributed by atoms with Gasteiger partial charge in [0.05, 0.1) is 12.7 Å². The minimum absolute atomic E-state index is 0.112. The molecule has 3 heterocycles. The smallest absolute Gasteiger partial charge is 0.339 e. The Bertz CT molecular complexity index is 746. The van der Waals surface area contributed by atoms with Gasteiger partial charge in [0.25, 0.3) is 0 Å². The quantitative estimate of drug-likeness (QED) is 0.801. The fourth-order valence-corrected chi connectivity index (χ4v) is 2.95. The molecule has 0 radical (unpaired) electrons. The number of carbonyl (C=O) groups is 2. The first kappa shape index (κ1) is 16.1. The van der Waals surface area contributed by atoms with Gasteiger partial charge in [-0.05, 0) is 41.7 Å². The summed E-state index contributed by atoms with van der Waals surface area (Å²) >= 11 is 0. The molecule has 0 bridgehead atoms. The Morgan fingerprint density at radius 3 is 2.75 bits per heavy atom. The second kappa shape index (κ2) is 7.21. The van der Waals surface area contributed by atoms with Crippen molar-refractivity contribution in [1.29, 1.82) is 0 Å². The molecule has 2 aromatic rings. The molecule has 0 aromatic carbocycles. The molecular formula is C18H19N3O3. The van der Waals surface area contributed by atoms with E-state index in [1.807, 2.05) is 17.0 Å². The summed E-state index contributed by atoms with van der Waals surface area (Å²) in [6, 6.07) is 3.84. The fourth-order valence-electron chi connectivity index (χ4n) is 2.95. The van der Waals surface area contributed by atoms with Crippen LogP contribution in [0.2, 0.25) is 0 Å². The van der Waals surface area contributed by atoms with E-state index in [9.17, 15) is 9.59 Å². The third-order valence-corrected chi connectivity index (χ3v) is 4.27. The highest BCUT2D eigenvalue weighted by molar-refractivity contribution is 5.91. The lowest BCUT2D eigenvalue weighted by Gasteiger charge is -2.29. The average molecular weight is 325 g/mol. The number of nitrogens with zero attached hydrogens (tertiary/aromatic N) is 3. The Labute approximate surface area is 140 Å². The van der Waals surface area contributed by atoms with Gasteiger partial charge in [-0.15, -0.1) is 0 Å². The molecule has 24 heavy (non-hydrogen) atoms. The summed E-state index contributed by atoms with van der Waals surface area (Å²) < 4.78 is 4.80. The molecule has 0 spiro atoms. The van der Waals surface area contributed by atoms with Crippen molar-refractivity contribution in [3.8, 4) is 0 Å². The first-order valence-corrected chi connectivity index (χ1v) is 7.90. The van der Waals surface area contributed by atoms with E-state index in [1.165, 1.54) is 13.3 Å². The van der Waals surface area contributed by atoms with Gasteiger partial charge in [0.1, 0.15) is 0 Å². The molecule has 0 fully saturated rings. The predicted molar refractivity (Wildman–Crippen MR) is 87.3 cm³/mol. The number of fused-ring (bicyclic) bond motifs is 1. The molecule has 2 aromatic heterocycles. The van der Waals surface area contributed by atoms with Crippen LogP contribution in [0.5, 0.6) is 0 Å². The van der Waals surface area contributed by atoms with Crippen molar-refractivity contribution in [2.24, 2.45) is 0 Å². The summed E-state index contributed by atoms with van der Waals surface area (Å²) in [6.07, 6.45) is 8.53. The molecule has 1 amide bonds. The van der Waals surface area contributed by atoms with Crippen LogP contribution in [0.1, 0.15) is 33.5 Å². The molecule has 1 aliphatic rings. The molecule has 0 aliphatic carbocycles. The van der Waals surface area contributed by atoms with Crippen LogP contribution in [-0.2, 0) is 28.9 Å². The van der Waals surface area contributed by atoms with E-state index in [-0.39, 0.29) is 11.9 Å². The summed E-state index contributed by atoms with van der Waals surface area (Å²) in [5, 5.41) is 0. The van der Waals surface area contributed by atoms with E-state index in [0.717, 1.165) is 16.7 Å². The number of pyridine rings is 2. The summed E-state index contributed by atoms with van der Waals surface area (Å²) in [5.41, 5.74) is 3.46. The second-order valence-corrected chi connectivity index (χ2v) is 5.74. The number of ether oxygens (including phenoxy) is 1. The minimum Gasteiger partial charge on any atom is -0.465 e. The van der Waals surface area contributed by atoms with Crippen LogP contribution in [0.4, 0.5) is 0 Å². The monoisotopic (exact) mass is 325 g/mol. The third kappa shape index (κ3) is 3.42. The summed E-state index contributed by atoms with van der Waals surface area (Å²) in [4.78, 5) is 34.2. The molecule has 3 rings (SSSR count). The van der Waals surface area contributed by atoms with E-state index < -0.39 is 0 Å². The first-order valence-electron chi connectivity index (χ1n) is 7.90. The number of methoxy groups -OCH3 is 1. The molecule has 1 aliphatic heterocycles. The Hall–Kier alpha value is -2.76. The van der Waals surface area contributed by atoms with Crippen molar-refractivity contribution in [3.05, 3.63) is 59.2 Å². The number of rotatable bonds is 4. The zero-order valence-electron chi connectivity index (χ0n) is 13.6. The van der Waals surface area contributed by atoms with Gasteiger partial charge in [-0.1, -0.05) is 0 Å². The number of amides is 1. The summed E-state index contributed by atoms with van der Waals surface area (Å²) in [7, 11) is 1.36. The molecule has 124 valence electrons. The number of aromatic nitrogens is 2. The zero-order valence-corrected chi connectivity index (χ0v) is 13.6. The lowest BCUT2D eigenvalue weighted by molar-refractivity contribution is -0.132. The highest BCUT2D eigenvalue weighted by Crippen LogP contribution is 2.22. The lowest BCUT2D eigenvalue weighted by atomic mass is 9.96. The molecule has 6 heteroatoms. The van der Waals surface area contributed by atoms with Crippen molar-refractivity contribution >= 4 is 11.9 Å². The molecule has 0 atom stereocenters. The zero-order chi connectivity index (χ0) is 16.9. The Kier molecular flexibility index (Phi) is 4.84. The van der Waals surface area contributed by atoms with E-state index in [2.05, 4.69) is 9.97 Å². The Morgan fingerprint density at radius 1 is 1.21 bits per heavy atom. The maximum Gasteiger partial charge on any atom is 0.339 e. The van der Waals surface area contributed by atoms with Crippen LogP contribution in [-0.4, -0.2) is 40.4 Å². The van der Waals surface area contributed by atoms with Crippen molar-refractivity contribution in [2.45, 2.75) is 25.8 Å². The molecule has 0 unspecified atom stereocenters. The molecule has 0 saturated carbocycles. The van der Waals surface area contributed by atoms with Crippen LogP contribution in [0.25, 0.3) is 0 Å². The minimum atomic E-state index is -0.378. The average Bonchev–Trinajstić information content (AvgIpc) is 2.65. The van der Waals surface area contributed by atoms with Crippen LogP contribution in [0.3, 0.4) is 0 Å². The maximum absolute atomic E-state index is 12.5. The van der Waals surface area contributed by atoms with E-state index in [4.69, 9.17) is 4.74 Å². The fraction of sp³-hybridized carbons (Fsp3) is 0.333. The molecule has 6 nitrogen and oxygen atoms in total. The number of carbonyl (C=O) groups excluding carboxylic acids is 2. The number of hydrogen-bond acceptors (Lipinski definition) is 5. The second-order valence-electron chi connectivity index (χ2n) is 5.74. The van der Waals surface area contributed by atoms with E-state index in [0.29, 0.717) is 37.9 Å². The van der Waals surface area contributed by atoms with Gasteiger partial charge < -0.3 is 9.64 Å². The maximum atomic E-state index is 12.5. The van der Waals surface area contributed by atoms with Crippen LogP contribution in [0.15, 0.2) is 36.9 Å². The van der Waals surface area contributed by atoms with Crippen molar-refractivity contribution in [1.82, 2.24) is 14.9 Å². The highest BCUT2D eigenvalue weighted by Gasteiger charge is 2.24. The third-order valence-electron chi connectivity index (χ3n) is 4.27. The first-order chi connectivity index (χ1) is 11.7. The normalized spacial score (nSPS) is 13.3. The number of hydrogen-bond donors (Lipinski definition) is 0. The van der Waals surface area contributed by atoms with Gasteiger partial charge in [-0.3, -0.25) is 14.8 Å². The van der Waals surface area contributed by atoms with Crippen molar-refractivity contribution in [2.75, 3.05) is 13.7 Å². The largest absolute Gasteiger partial charge is 0.465 e. The Morgan fingerprint density at radius 2 is 2.00 bits per heavy atom. The van der Waals surface area contributed by atoms with Gasteiger partial charge in [-0.25, -0.2) is 4.79 Å². The summed E-state index contributed by atoms with van der Waals surface area (Å²) in [5.74, 6) is -0.266. The topological polar surface area (TPSA) is 72.4 Å². The van der Waals surface area contributed by atoms with Gasteiger partial charge in [0.15, 0.2) is 0 Å². The van der Waals surface area contributed by atoms with Gasteiger partial charge in [0, 0.05) is 44.3 Å². The van der Waals surface area contributed by atoms with E-state index in [1.54, 1.807) is 18.6 Å². The van der Waals surface area contributed by atoms with E-state index >= 15 is 0 Å². The van der Waals surface area contributed by atoms with Crippen LogP contribution >= 0.6 is 0 Å². The van der Waals surface area contributed by atoms with Crippen molar-refractivity contribution < 1.29 is 14.3 Å². The highest BCUT2D eigenvalue weighted by atomic mass is 16.5. The Balaban J connectivity index is 1.66. The molecular weight excluding hydrogens is 306 g/mol. The standard InChI is InChI=1S/C18H19N3O3/c1-24-18(23)16-11-20-10-14-12-21(9-6-15(14)16)17(22)3-2-13-4-7-19-8-5-13/h4-5,7-8,10-11H,2-3,6,9,12H2,1H3. The molecule has 0 N–H and O–H groups in total. The van der Waals surface area contributed by atoms with Gasteiger partial charge >= 0.3 is 5.97 Å². The van der Waals surface area contributed by atoms with Gasteiger partial charge in [0.2, 0.25) is 5.91 Å². The SMILES string of the molecule is COC(=O)c1cncc2c1CCN(C(=O)CCc1ccncc1)C2. The van der Waals surface area contributed by atoms with Crippen LogP contribution < -0.4 is 0 Å². The van der Waals surface area contributed by atoms with Gasteiger partial charge in [-0.2, -0.15) is 0 Å². The molecule has 0 saturated heterocycles. The number of aryl methyl sites for hydroxylation is 1. The number of esters is 1. The van der Waals surface area contributed by atoms with Crippen molar-refractivity contribution in [3.63, 3.8) is 0 Å². The predicted octanol–water partition coefficient (Wildman–Crippen LogP) is 1.78. The summed E-state index contributed by atoms with van der Waals surface area (Å²) in [6.45, 7) is 1.10.